The van der Waals surface area contributed by atoms with E-state index in [0.717, 1.165) is 24.8 Å². The van der Waals surface area contributed by atoms with Crippen LogP contribution in [0.25, 0.3) is 0 Å². The van der Waals surface area contributed by atoms with Gasteiger partial charge in [0, 0.05) is 6.54 Å². The highest BCUT2D eigenvalue weighted by atomic mass is 16.4. The van der Waals surface area contributed by atoms with Crippen LogP contribution in [0.1, 0.15) is 38.5 Å². The summed E-state index contributed by atoms with van der Waals surface area (Å²) in [5.74, 6) is 1.04. The highest BCUT2D eigenvalue weighted by Gasteiger charge is 2.52. The number of aliphatic carboxylic acids is 1. The first-order chi connectivity index (χ1) is 7.20. The molecule has 0 amide bonds. The molecule has 3 heteroatoms. The van der Waals surface area contributed by atoms with Gasteiger partial charge in [-0.15, -0.1) is 0 Å². The molecule has 3 aliphatic carbocycles. The molecule has 4 rings (SSSR count). The van der Waals surface area contributed by atoms with E-state index in [0.29, 0.717) is 5.41 Å². The summed E-state index contributed by atoms with van der Waals surface area (Å²) >= 11 is 0. The number of hydrogen-bond acceptors (Lipinski definition) is 2. The Morgan fingerprint density at radius 2 is 1.93 bits per heavy atom. The Morgan fingerprint density at radius 1 is 1.20 bits per heavy atom. The Labute approximate surface area is 90.2 Å². The Balaban J connectivity index is 1.78. The summed E-state index contributed by atoms with van der Waals surface area (Å²) in [7, 11) is 0. The zero-order valence-corrected chi connectivity index (χ0v) is 9.04. The van der Waals surface area contributed by atoms with E-state index in [-0.39, 0.29) is 6.04 Å². The van der Waals surface area contributed by atoms with Gasteiger partial charge in [0.25, 0.3) is 0 Å². The standard InChI is InChI=1S/C12H19NO2/c14-11(15)10-6-12(7-13-10)5-8-1-3-9(12)4-2-8/h8-10,13H,1-7H2,(H,14,15). The number of carboxylic acids is 1. The van der Waals surface area contributed by atoms with Crippen molar-refractivity contribution in [3.63, 3.8) is 0 Å². The van der Waals surface area contributed by atoms with E-state index in [1.54, 1.807) is 0 Å². The van der Waals surface area contributed by atoms with Crippen molar-refractivity contribution in [3.05, 3.63) is 0 Å². The summed E-state index contributed by atoms with van der Waals surface area (Å²) < 4.78 is 0. The third-order valence-electron chi connectivity index (χ3n) is 5.02. The van der Waals surface area contributed by atoms with Gasteiger partial charge in [0.1, 0.15) is 6.04 Å². The molecule has 2 bridgehead atoms. The normalized spacial score (nSPS) is 48.7. The van der Waals surface area contributed by atoms with Crippen LogP contribution < -0.4 is 5.32 Å². The monoisotopic (exact) mass is 209 g/mol. The quantitative estimate of drug-likeness (QED) is 0.690. The second-order valence-electron chi connectivity index (χ2n) is 5.76. The Morgan fingerprint density at radius 3 is 2.40 bits per heavy atom. The highest BCUT2D eigenvalue weighted by molar-refractivity contribution is 5.74. The van der Waals surface area contributed by atoms with E-state index in [4.69, 9.17) is 5.11 Å². The molecule has 0 aromatic carbocycles. The SMILES string of the molecule is O=C(O)C1CC2(CN1)CC1CCC2CC1. The molecule has 1 saturated heterocycles. The molecule has 2 N–H and O–H groups in total. The maximum absolute atomic E-state index is 11.0. The molecular weight excluding hydrogens is 190 g/mol. The van der Waals surface area contributed by atoms with Gasteiger partial charge in [0.15, 0.2) is 0 Å². The maximum Gasteiger partial charge on any atom is 0.320 e. The minimum atomic E-state index is -0.659. The van der Waals surface area contributed by atoms with Crippen molar-refractivity contribution in [1.29, 1.82) is 0 Å². The first-order valence-electron chi connectivity index (χ1n) is 6.16. The van der Waals surface area contributed by atoms with Crippen molar-refractivity contribution >= 4 is 5.97 Å². The molecule has 15 heavy (non-hydrogen) atoms. The van der Waals surface area contributed by atoms with Crippen LogP contribution in [-0.2, 0) is 4.79 Å². The molecule has 3 nitrogen and oxygen atoms in total. The van der Waals surface area contributed by atoms with Gasteiger partial charge >= 0.3 is 5.97 Å². The first kappa shape index (κ1) is 9.64. The molecule has 4 fully saturated rings. The highest BCUT2D eigenvalue weighted by Crippen LogP contribution is 2.56. The summed E-state index contributed by atoms with van der Waals surface area (Å²) in [4.78, 5) is 11.0. The van der Waals surface area contributed by atoms with Crippen LogP contribution in [0.15, 0.2) is 0 Å². The Kier molecular flexibility index (Phi) is 2.06. The topological polar surface area (TPSA) is 49.3 Å². The third-order valence-corrected chi connectivity index (χ3v) is 5.02. The smallest absolute Gasteiger partial charge is 0.320 e. The minimum Gasteiger partial charge on any atom is -0.480 e. The molecule has 3 saturated carbocycles. The van der Waals surface area contributed by atoms with Gasteiger partial charge in [-0.3, -0.25) is 4.79 Å². The van der Waals surface area contributed by atoms with Crippen LogP contribution >= 0.6 is 0 Å². The largest absolute Gasteiger partial charge is 0.480 e. The molecule has 0 aromatic rings. The molecule has 0 radical (unpaired) electrons. The Bertz CT molecular complexity index is 283. The first-order valence-corrected chi connectivity index (χ1v) is 6.16. The van der Waals surface area contributed by atoms with Gasteiger partial charge in [-0.2, -0.15) is 0 Å². The van der Waals surface area contributed by atoms with Crippen molar-refractivity contribution in [2.75, 3.05) is 6.54 Å². The van der Waals surface area contributed by atoms with Crippen molar-refractivity contribution in [2.45, 2.75) is 44.6 Å². The fourth-order valence-electron chi connectivity index (χ4n) is 4.24. The molecule has 2 atom stereocenters. The number of carbonyl (C=O) groups is 1. The summed E-state index contributed by atoms with van der Waals surface area (Å²) in [5, 5.41) is 12.2. The minimum absolute atomic E-state index is 0.274. The fourth-order valence-corrected chi connectivity index (χ4v) is 4.24. The lowest BCUT2D eigenvalue weighted by Crippen LogP contribution is -2.43. The molecule has 0 aromatic heterocycles. The maximum atomic E-state index is 11.0. The van der Waals surface area contributed by atoms with Crippen molar-refractivity contribution in [1.82, 2.24) is 5.32 Å². The lowest BCUT2D eigenvalue weighted by atomic mass is 9.55. The van der Waals surface area contributed by atoms with Gasteiger partial charge in [-0.1, -0.05) is 12.8 Å². The van der Waals surface area contributed by atoms with Gasteiger partial charge < -0.3 is 10.4 Å². The van der Waals surface area contributed by atoms with E-state index in [1.807, 2.05) is 0 Å². The van der Waals surface area contributed by atoms with E-state index in [2.05, 4.69) is 5.32 Å². The number of rotatable bonds is 1. The number of hydrogen-bond donors (Lipinski definition) is 2. The van der Waals surface area contributed by atoms with E-state index in [9.17, 15) is 4.79 Å². The Hall–Kier alpha value is -0.570. The average Bonchev–Trinajstić information content (AvgIpc) is 2.64. The number of nitrogens with one attached hydrogen (secondary N) is 1. The van der Waals surface area contributed by atoms with E-state index in [1.165, 1.54) is 32.1 Å². The molecule has 1 heterocycles. The second-order valence-corrected chi connectivity index (χ2v) is 5.76. The molecule has 84 valence electrons. The van der Waals surface area contributed by atoms with Crippen molar-refractivity contribution in [3.8, 4) is 0 Å². The van der Waals surface area contributed by atoms with Crippen LogP contribution in [-0.4, -0.2) is 23.7 Å². The van der Waals surface area contributed by atoms with Crippen LogP contribution in [0.3, 0.4) is 0 Å². The zero-order valence-electron chi connectivity index (χ0n) is 9.04. The molecule has 1 spiro atoms. The predicted octanol–water partition coefficient (Wildman–Crippen LogP) is 1.63. The van der Waals surface area contributed by atoms with Gasteiger partial charge in [0.2, 0.25) is 0 Å². The third kappa shape index (κ3) is 1.40. The summed E-state index contributed by atoms with van der Waals surface area (Å²) in [6.45, 7) is 0.950. The number of fused-ring (bicyclic) bond motifs is 2. The van der Waals surface area contributed by atoms with Gasteiger partial charge in [-0.25, -0.2) is 0 Å². The molecule has 2 unspecified atom stereocenters. The summed E-state index contributed by atoms with van der Waals surface area (Å²) in [6.07, 6.45) is 7.64. The summed E-state index contributed by atoms with van der Waals surface area (Å²) in [6, 6.07) is -0.274. The van der Waals surface area contributed by atoms with Crippen LogP contribution in [0.4, 0.5) is 0 Å². The molecular formula is C12H19NO2. The van der Waals surface area contributed by atoms with Crippen LogP contribution in [0, 0.1) is 17.3 Å². The predicted molar refractivity (Wildman–Crippen MR) is 56.5 cm³/mol. The second kappa shape index (κ2) is 3.21. The van der Waals surface area contributed by atoms with Gasteiger partial charge in [0.05, 0.1) is 0 Å². The van der Waals surface area contributed by atoms with Crippen molar-refractivity contribution < 1.29 is 9.90 Å². The van der Waals surface area contributed by atoms with Crippen LogP contribution in [0.2, 0.25) is 0 Å². The summed E-state index contributed by atoms with van der Waals surface area (Å²) in [5.41, 5.74) is 0.351. The lowest BCUT2D eigenvalue weighted by Gasteiger charge is -2.50. The van der Waals surface area contributed by atoms with Gasteiger partial charge in [-0.05, 0) is 42.9 Å². The lowest BCUT2D eigenvalue weighted by molar-refractivity contribution is -0.139. The average molecular weight is 209 g/mol. The molecule has 1 aliphatic heterocycles. The number of carboxylic acid groups (broad SMARTS) is 1. The van der Waals surface area contributed by atoms with Crippen LogP contribution in [0.5, 0.6) is 0 Å². The van der Waals surface area contributed by atoms with E-state index >= 15 is 0 Å². The van der Waals surface area contributed by atoms with Crippen molar-refractivity contribution in [2.24, 2.45) is 17.3 Å². The fraction of sp³-hybridized carbons (Fsp3) is 0.917. The molecule has 4 aliphatic rings. The van der Waals surface area contributed by atoms with E-state index < -0.39 is 5.97 Å². The zero-order chi connectivity index (χ0) is 10.5.